The van der Waals surface area contributed by atoms with Crippen LogP contribution in [0.2, 0.25) is 0 Å². The van der Waals surface area contributed by atoms with Crippen LogP contribution in [0.5, 0.6) is 0 Å². The third kappa shape index (κ3) is 3.16. The van der Waals surface area contributed by atoms with Gasteiger partial charge in [0.1, 0.15) is 0 Å². The molecule has 0 aromatic rings. The highest BCUT2D eigenvalue weighted by Crippen LogP contribution is 2.19. The maximum Gasteiger partial charge on any atom is 0.157 e. The number of rotatable bonds is 3. The van der Waals surface area contributed by atoms with Gasteiger partial charge in [-0.2, -0.15) is 0 Å². The predicted molar refractivity (Wildman–Crippen MR) is 60.6 cm³/mol. The van der Waals surface area contributed by atoms with Gasteiger partial charge in [-0.25, -0.2) is 8.42 Å². The van der Waals surface area contributed by atoms with Gasteiger partial charge in [0, 0.05) is 6.04 Å². The Kier molecular flexibility index (Phi) is 3.79. The second-order valence-electron chi connectivity index (χ2n) is 5.16. The summed E-state index contributed by atoms with van der Waals surface area (Å²) in [4.78, 5) is 0. The Morgan fingerprint density at radius 2 is 2.07 bits per heavy atom. The molecule has 1 heterocycles. The van der Waals surface area contributed by atoms with Crippen molar-refractivity contribution in [3.63, 3.8) is 0 Å². The molecule has 0 aliphatic carbocycles. The molecule has 1 aliphatic heterocycles. The summed E-state index contributed by atoms with van der Waals surface area (Å²) in [6, 6.07) is -0.0536. The van der Waals surface area contributed by atoms with Crippen LogP contribution in [0.25, 0.3) is 0 Å². The van der Waals surface area contributed by atoms with Gasteiger partial charge in [-0.3, -0.25) is 0 Å². The fraction of sp³-hybridized carbons (Fsp3) is 1.00. The van der Waals surface area contributed by atoms with Crippen molar-refractivity contribution in [3.05, 3.63) is 0 Å². The lowest BCUT2D eigenvalue weighted by atomic mass is 10.1. The minimum absolute atomic E-state index is 0.0536. The SMILES string of the molecule is CC(C)(C)S(=O)(=O)C[C@@H](O)[C@@H]1CCCN1. The molecule has 0 saturated carbocycles. The second kappa shape index (κ2) is 4.39. The average Bonchev–Trinajstić information content (AvgIpc) is 2.51. The fourth-order valence-corrected chi connectivity index (χ4v) is 2.81. The molecule has 0 radical (unpaired) electrons. The van der Waals surface area contributed by atoms with Gasteiger partial charge in [0.25, 0.3) is 0 Å². The molecule has 1 saturated heterocycles. The lowest BCUT2D eigenvalue weighted by Crippen LogP contribution is -2.43. The van der Waals surface area contributed by atoms with E-state index in [1.54, 1.807) is 20.8 Å². The first kappa shape index (κ1) is 12.9. The van der Waals surface area contributed by atoms with Gasteiger partial charge in [0.2, 0.25) is 0 Å². The highest BCUT2D eigenvalue weighted by atomic mass is 32.2. The molecule has 1 aliphatic rings. The summed E-state index contributed by atoms with van der Waals surface area (Å²) in [6.07, 6.45) is 1.09. The van der Waals surface area contributed by atoms with Gasteiger partial charge < -0.3 is 10.4 Å². The third-order valence-corrected chi connectivity index (χ3v) is 5.53. The summed E-state index contributed by atoms with van der Waals surface area (Å²) in [5, 5.41) is 12.9. The largest absolute Gasteiger partial charge is 0.390 e. The monoisotopic (exact) mass is 235 g/mol. The van der Waals surface area contributed by atoms with Crippen LogP contribution >= 0.6 is 0 Å². The van der Waals surface area contributed by atoms with Crippen molar-refractivity contribution in [2.45, 2.75) is 50.5 Å². The number of aliphatic hydroxyl groups excluding tert-OH is 1. The van der Waals surface area contributed by atoms with Gasteiger partial charge in [-0.15, -0.1) is 0 Å². The fourth-order valence-electron chi connectivity index (χ4n) is 1.63. The molecule has 0 aromatic heterocycles. The molecule has 4 nitrogen and oxygen atoms in total. The summed E-state index contributed by atoms with van der Waals surface area (Å²) in [6.45, 7) is 5.86. The van der Waals surface area contributed by atoms with E-state index in [0.29, 0.717) is 0 Å². The minimum atomic E-state index is -3.22. The lowest BCUT2D eigenvalue weighted by molar-refractivity contribution is 0.156. The summed E-state index contributed by atoms with van der Waals surface area (Å²) in [7, 11) is -3.22. The van der Waals surface area contributed by atoms with Crippen LogP contribution in [0.4, 0.5) is 0 Å². The average molecular weight is 235 g/mol. The van der Waals surface area contributed by atoms with E-state index in [2.05, 4.69) is 5.32 Å². The molecule has 90 valence electrons. The Hall–Kier alpha value is -0.130. The van der Waals surface area contributed by atoms with Gasteiger partial charge in [-0.1, -0.05) is 0 Å². The zero-order valence-corrected chi connectivity index (χ0v) is 10.5. The first-order chi connectivity index (χ1) is 6.74. The van der Waals surface area contributed by atoms with Crippen LogP contribution in [-0.4, -0.2) is 42.7 Å². The first-order valence-corrected chi connectivity index (χ1v) is 7.03. The zero-order valence-electron chi connectivity index (χ0n) is 9.66. The molecular weight excluding hydrogens is 214 g/mol. The van der Waals surface area contributed by atoms with E-state index in [1.807, 2.05) is 0 Å². The quantitative estimate of drug-likeness (QED) is 0.739. The van der Waals surface area contributed by atoms with E-state index < -0.39 is 20.7 Å². The summed E-state index contributed by atoms with van der Waals surface area (Å²) >= 11 is 0. The minimum Gasteiger partial charge on any atom is -0.390 e. The smallest absolute Gasteiger partial charge is 0.157 e. The Morgan fingerprint density at radius 1 is 1.47 bits per heavy atom. The molecule has 0 spiro atoms. The van der Waals surface area contributed by atoms with Gasteiger partial charge >= 0.3 is 0 Å². The third-order valence-electron chi connectivity index (χ3n) is 2.89. The van der Waals surface area contributed by atoms with E-state index in [-0.39, 0.29) is 11.8 Å². The van der Waals surface area contributed by atoms with Crippen LogP contribution in [0.1, 0.15) is 33.6 Å². The Bertz CT molecular complexity index is 299. The number of hydrogen-bond acceptors (Lipinski definition) is 4. The molecule has 2 atom stereocenters. The van der Waals surface area contributed by atoms with Crippen molar-refractivity contribution in [2.75, 3.05) is 12.3 Å². The summed E-state index contributed by atoms with van der Waals surface area (Å²) < 4.78 is 22.9. The summed E-state index contributed by atoms with van der Waals surface area (Å²) in [5.41, 5.74) is 0. The number of nitrogens with one attached hydrogen (secondary N) is 1. The van der Waals surface area contributed by atoms with Gasteiger partial charge in [-0.05, 0) is 40.2 Å². The number of sulfone groups is 1. The molecule has 5 heteroatoms. The maximum atomic E-state index is 11.8. The molecule has 0 unspecified atom stereocenters. The van der Waals surface area contributed by atoms with Crippen LogP contribution in [0.15, 0.2) is 0 Å². The molecule has 15 heavy (non-hydrogen) atoms. The van der Waals surface area contributed by atoms with E-state index in [9.17, 15) is 13.5 Å². The van der Waals surface area contributed by atoms with Crippen molar-refractivity contribution >= 4 is 9.84 Å². The van der Waals surface area contributed by atoms with E-state index in [0.717, 1.165) is 19.4 Å². The Morgan fingerprint density at radius 3 is 2.47 bits per heavy atom. The second-order valence-corrected chi connectivity index (χ2v) is 7.95. The topological polar surface area (TPSA) is 66.4 Å². The zero-order chi connectivity index (χ0) is 11.7. The number of aliphatic hydroxyl groups is 1. The van der Waals surface area contributed by atoms with E-state index >= 15 is 0 Å². The first-order valence-electron chi connectivity index (χ1n) is 5.38. The normalized spacial score (nSPS) is 25.5. The highest BCUT2D eigenvalue weighted by molar-refractivity contribution is 7.92. The van der Waals surface area contributed by atoms with E-state index in [1.165, 1.54) is 0 Å². The van der Waals surface area contributed by atoms with Gasteiger partial charge in [0.15, 0.2) is 9.84 Å². The number of hydrogen-bond donors (Lipinski definition) is 2. The lowest BCUT2D eigenvalue weighted by Gasteiger charge is -2.24. The molecule has 2 N–H and O–H groups in total. The molecule has 1 rings (SSSR count). The van der Waals surface area contributed by atoms with Crippen LogP contribution in [-0.2, 0) is 9.84 Å². The van der Waals surface area contributed by atoms with Crippen molar-refractivity contribution in [2.24, 2.45) is 0 Å². The maximum absolute atomic E-state index is 11.8. The molecule has 1 fully saturated rings. The molecule has 0 bridgehead atoms. The van der Waals surface area contributed by atoms with Crippen molar-refractivity contribution in [1.29, 1.82) is 0 Å². The standard InChI is InChI=1S/C10H21NO3S/c1-10(2,3)15(13,14)7-9(12)8-5-4-6-11-8/h8-9,11-12H,4-7H2,1-3H3/t8-,9+/m0/s1. The molecule has 0 amide bonds. The molecular formula is C10H21NO3S. The van der Waals surface area contributed by atoms with Crippen molar-refractivity contribution in [1.82, 2.24) is 5.32 Å². The van der Waals surface area contributed by atoms with Crippen LogP contribution < -0.4 is 5.32 Å². The Labute approximate surface area is 92.0 Å². The van der Waals surface area contributed by atoms with Crippen LogP contribution in [0.3, 0.4) is 0 Å². The molecule has 0 aromatic carbocycles. The van der Waals surface area contributed by atoms with Crippen molar-refractivity contribution < 1.29 is 13.5 Å². The van der Waals surface area contributed by atoms with Gasteiger partial charge in [0.05, 0.1) is 16.6 Å². The van der Waals surface area contributed by atoms with Crippen LogP contribution in [0, 0.1) is 0 Å². The van der Waals surface area contributed by atoms with Crippen molar-refractivity contribution in [3.8, 4) is 0 Å². The van der Waals surface area contributed by atoms with E-state index in [4.69, 9.17) is 0 Å². The Balaban J connectivity index is 2.61. The predicted octanol–water partition coefficient (Wildman–Crippen LogP) is 0.313. The summed E-state index contributed by atoms with van der Waals surface area (Å²) in [5.74, 6) is -0.145. The highest BCUT2D eigenvalue weighted by Gasteiger charge is 2.34.